The quantitative estimate of drug-likeness (QED) is 0.800. The van der Waals surface area contributed by atoms with E-state index in [0.29, 0.717) is 0 Å². The van der Waals surface area contributed by atoms with E-state index < -0.39 is 0 Å². The van der Waals surface area contributed by atoms with Gasteiger partial charge in [0.1, 0.15) is 5.54 Å². The highest BCUT2D eigenvalue weighted by molar-refractivity contribution is 8.00. The van der Waals surface area contributed by atoms with Gasteiger partial charge in [0, 0.05) is 10.5 Å². The minimum absolute atomic E-state index is 0.212. The third-order valence-corrected chi connectivity index (χ3v) is 5.49. The molecule has 0 amide bonds. The fourth-order valence-electron chi connectivity index (χ4n) is 2.80. The molecule has 0 aromatic heterocycles. The van der Waals surface area contributed by atoms with Crippen molar-refractivity contribution in [2.45, 2.75) is 61.0 Å². The number of hydrogen-bond donors (Lipinski definition) is 1. The fraction of sp³-hybridized carbons (Fsp3) is 0.917. The summed E-state index contributed by atoms with van der Waals surface area (Å²) in [5, 5.41) is 14.0. The Morgan fingerprint density at radius 1 is 1.27 bits per heavy atom. The van der Waals surface area contributed by atoms with Crippen LogP contribution < -0.4 is 5.32 Å². The van der Waals surface area contributed by atoms with Gasteiger partial charge in [0.2, 0.25) is 0 Å². The Bertz CT molecular complexity index is 255. The van der Waals surface area contributed by atoms with Gasteiger partial charge >= 0.3 is 0 Å². The Labute approximate surface area is 96.8 Å². The van der Waals surface area contributed by atoms with Crippen molar-refractivity contribution >= 4 is 11.8 Å². The third-order valence-electron chi connectivity index (χ3n) is 3.85. The van der Waals surface area contributed by atoms with Crippen LogP contribution in [0.2, 0.25) is 0 Å². The van der Waals surface area contributed by atoms with Crippen LogP contribution in [-0.2, 0) is 0 Å². The number of rotatable bonds is 3. The summed E-state index contributed by atoms with van der Waals surface area (Å²) in [6.45, 7) is 0. The van der Waals surface area contributed by atoms with E-state index in [1.807, 2.05) is 7.05 Å². The number of nitrogens with one attached hydrogen (secondary N) is 1. The van der Waals surface area contributed by atoms with Crippen LogP contribution >= 0.6 is 11.8 Å². The number of thioether (sulfide) groups is 1. The van der Waals surface area contributed by atoms with Gasteiger partial charge in [-0.15, -0.1) is 0 Å². The monoisotopic (exact) mass is 224 g/mol. The molecule has 2 fully saturated rings. The minimum Gasteiger partial charge on any atom is -0.302 e. The molecular weight excluding hydrogens is 204 g/mol. The van der Waals surface area contributed by atoms with Gasteiger partial charge in [-0.25, -0.2) is 0 Å². The van der Waals surface area contributed by atoms with E-state index in [4.69, 9.17) is 0 Å². The van der Waals surface area contributed by atoms with Crippen molar-refractivity contribution in [1.29, 1.82) is 5.26 Å². The summed E-state index contributed by atoms with van der Waals surface area (Å²) in [6, 6.07) is 2.46. The lowest BCUT2D eigenvalue weighted by atomic mass is 10.0. The van der Waals surface area contributed by atoms with E-state index in [2.05, 4.69) is 23.1 Å². The highest BCUT2D eigenvalue weighted by Gasteiger charge is 2.39. The Hall–Kier alpha value is -0.200. The zero-order chi connectivity index (χ0) is 10.7. The molecule has 2 rings (SSSR count). The molecule has 2 nitrogen and oxygen atoms in total. The molecule has 2 atom stereocenters. The smallest absolute Gasteiger partial charge is 0.107 e. The van der Waals surface area contributed by atoms with Gasteiger partial charge in [0.05, 0.1) is 6.07 Å². The highest BCUT2D eigenvalue weighted by Crippen LogP contribution is 2.42. The van der Waals surface area contributed by atoms with Crippen LogP contribution in [0.3, 0.4) is 0 Å². The topological polar surface area (TPSA) is 35.8 Å². The van der Waals surface area contributed by atoms with E-state index >= 15 is 0 Å². The van der Waals surface area contributed by atoms with Gasteiger partial charge in [-0.05, 0) is 39.2 Å². The normalized spacial score (nSPS) is 36.9. The molecule has 1 N–H and O–H groups in total. The largest absolute Gasteiger partial charge is 0.302 e. The van der Waals surface area contributed by atoms with E-state index in [-0.39, 0.29) is 5.54 Å². The van der Waals surface area contributed by atoms with E-state index in [9.17, 15) is 5.26 Å². The van der Waals surface area contributed by atoms with Crippen molar-refractivity contribution in [2.24, 2.45) is 0 Å². The van der Waals surface area contributed by atoms with Gasteiger partial charge in [0.15, 0.2) is 0 Å². The molecule has 2 aliphatic rings. The van der Waals surface area contributed by atoms with Crippen LogP contribution in [0.1, 0.15) is 44.9 Å². The van der Waals surface area contributed by atoms with Crippen LogP contribution in [0.15, 0.2) is 0 Å². The van der Waals surface area contributed by atoms with Gasteiger partial charge in [-0.2, -0.15) is 17.0 Å². The number of nitriles is 1. The second-order valence-electron chi connectivity index (χ2n) is 4.85. The lowest BCUT2D eigenvalue weighted by Crippen LogP contribution is -2.38. The van der Waals surface area contributed by atoms with Crippen molar-refractivity contribution in [3.05, 3.63) is 0 Å². The minimum atomic E-state index is -0.212. The first-order chi connectivity index (χ1) is 7.28. The van der Waals surface area contributed by atoms with Crippen LogP contribution in [-0.4, -0.2) is 23.1 Å². The average Bonchev–Trinajstić information content (AvgIpc) is 2.89. The lowest BCUT2D eigenvalue weighted by molar-refractivity contribution is 0.464. The van der Waals surface area contributed by atoms with Gasteiger partial charge < -0.3 is 5.32 Å². The van der Waals surface area contributed by atoms with Crippen molar-refractivity contribution in [3.8, 4) is 6.07 Å². The van der Waals surface area contributed by atoms with Crippen LogP contribution in [0.4, 0.5) is 0 Å². The summed E-state index contributed by atoms with van der Waals surface area (Å²) in [7, 11) is 1.92. The summed E-state index contributed by atoms with van der Waals surface area (Å²) < 4.78 is 0. The van der Waals surface area contributed by atoms with E-state index in [1.165, 1.54) is 32.1 Å². The Morgan fingerprint density at radius 2 is 2.00 bits per heavy atom. The second-order valence-corrected chi connectivity index (χ2v) is 6.46. The average molecular weight is 224 g/mol. The molecule has 15 heavy (non-hydrogen) atoms. The molecule has 0 heterocycles. The van der Waals surface area contributed by atoms with E-state index in [0.717, 1.165) is 23.3 Å². The van der Waals surface area contributed by atoms with Crippen LogP contribution in [0.5, 0.6) is 0 Å². The molecule has 2 unspecified atom stereocenters. The molecule has 0 aliphatic heterocycles. The molecule has 84 valence electrons. The maximum Gasteiger partial charge on any atom is 0.107 e. The Balaban J connectivity index is 1.84. The van der Waals surface area contributed by atoms with Crippen molar-refractivity contribution < 1.29 is 0 Å². The molecule has 0 aromatic rings. The highest BCUT2D eigenvalue weighted by atomic mass is 32.2. The van der Waals surface area contributed by atoms with Crippen molar-refractivity contribution in [2.75, 3.05) is 7.05 Å². The summed E-state index contributed by atoms with van der Waals surface area (Å²) in [4.78, 5) is 0. The van der Waals surface area contributed by atoms with Crippen LogP contribution in [0.25, 0.3) is 0 Å². The zero-order valence-corrected chi connectivity index (χ0v) is 10.3. The summed E-state index contributed by atoms with van der Waals surface area (Å²) in [6.07, 6.45) is 8.93. The predicted octanol–water partition coefficient (Wildman–Crippen LogP) is 2.70. The first-order valence-electron chi connectivity index (χ1n) is 6.04. The maximum absolute atomic E-state index is 9.17. The van der Waals surface area contributed by atoms with Crippen molar-refractivity contribution in [3.63, 3.8) is 0 Å². The molecule has 0 radical (unpaired) electrons. The maximum atomic E-state index is 9.17. The summed E-state index contributed by atoms with van der Waals surface area (Å²) in [5.74, 6) is 0. The zero-order valence-electron chi connectivity index (χ0n) is 9.46. The third kappa shape index (κ3) is 2.49. The Morgan fingerprint density at radius 3 is 2.53 bits per heavy atom. The molecule has 0 bridgehead atoms. The molecule has 2 saturated carbocycles. The first kappa shape index (κ1) is 11.3. The van der Waals surface area contributed by atoms with Gasteiger partial charge in [-0.1, -0.05) is 12.8 Å². The molecule has 0 saturated heterocycles. The fourth-order valence-corrected chi connectivity index (χ4v) is 4.58. The predicted molar refractivity (Wildman–Crippen MR) is 64.9 cm³/mol. The van der Waals surface area contributed by atoms with E-state index in [1.54, 1.807) is 0 Å². The van der Waals surface area contributed by atoms with Gasteiger partial charge in [-0.3, -0.25) is 0 Å². The SMILES string of the molecule is CNC1(C#N)CCC(SC2CCCC2)C1. The second kappa shape index (κ2) is 4.76. The standard InChI is InChI=1S/C12H20N2S/c1-14-12(9-13)7-6-11(8-12)15-10-4-2-3-5-10/h10-11,14H,2-8H2,1H3. The molecule has 2 aliphatic carbocycles. The summed E-state index contributed by atoms with van der Waals surface area (Å²) in [5.41, 5.74) is -0.212. The number of nitrogens with zero attached hydrogens (tertiary/aromatic N) is 1. The lowest BCUT2D eigenvalue weighted by Gasteiger charge is -2.20. The first-order valence-corrected chi connectivity index (χ1v) is 6.98. The molecule has 0 spiro atoms. The molecule has 3 heteroatoms. The van der Waals surface area contributed by atoms with Crippen molar-refractivity contribution in [1.82, 2.24) is 5.32 Å². The molecule has 0 aromatic carbocycles. The summed E-state index contributed by atoms with van der Waals surface area (Å²) >= 11 is 2.16. The number of hydrogen-bond acceptors (Lipinski definition) is 3. The van der Waals surface area contributed by atoms with Gasteiger partial charge in [0.25, 0.3) is 0 Å². The Kier molecular flexibility index (Phi) is 3.58. The molecular formula is C12H20N2S. The van der Waals surface area contributed by atoms with Crippen LogP contribution in [0, 0.1) is 11.3 Å².